The summed E-state index contributed by atoms with van der Waals surface area (Å²) in [6.45, 7) is 2.17. The monoisotopic (exact) mass is 282 g/mol. The second-order valence-corrected chi connectivity index (χ2v) is 4.76. The molecule has 0 aliphatic carbocycles. The number of aromatic amines is 1. The van der Waals surface area contributed by atoms with Gasteiger partial charge < -0.3 is 4.90 Å². The molecule has 1 N–H and O–H groups in total. The van der Waals surface area contributed by atoms with Gasteiger partial charge in [0.2, 0.25) is 0 Å². The number of aryl methyl sites for hydroxylation is 1. The molecular formula is C14H14N6O. The summed E-state index contributed by atoms with van der Waals surface area (Å²) in [5.41, 5.74) is 2.03. The smallest absolute Gasteiger partial charge is 0.254 e. The summed E-state index contributed by atoms with van der Waals surface area (Å²) in [6, 6.07) is 5.28. The van der Waals surface area contributed by atoms with Crippen molar-refractivity contribution in [1.29, 1.82) is 0 Å². The summed E-state index contributed by atoms with van der Waals surface area (Å²) in [6.07, 6.45) is 3.23. The van der Waals surface area contributed by atoms with E-state index in [4.69, 9.17) is 0 Å². The predicted molar refractivity (Wildman–Crippen MR) is 76.5 cm³/mol. The second kappa shape index (κ2) is 5.28. The summed E-state index contributed by atoms with van der Waals surface area (Å²) in [5, 5.41) is 6.79. The van der Waals surface area contributed by atoms with Gasteiger partial charge in [0.15, 0.2) is 5.82 Å². The standard InChI is InChI=1S/C14H14N6O/c1-9-17-13(19-18-9)8-20(2)14(21)10-3-4-11-12(7-10)16-6-5-15-11/h3-7H,8H2,1-2H3,(H,17,18,19). The summed E-state index contributed by atoms with van der Waals surface area (Å²) >= 11 is 0. The van der Waals surface area contributed by atoms with Gasteiger partial charge >= 0.3 is 0 Å². The Labute approximate surface area is 121 Å². The summed E-state index contributed by atoms with van der Waals surface area (Å²) in [4.78, 5) is 26.6. The maximum atomic E-state index is 12.4. The molecule has 0 unspecified atom stereocenters. The molecule has 0 atom stereocenters. The van der Waals surface area contributed by atoms with Crippen LogP contribution >= 0.6 is 0 Å². The lowest BCUT2D eigenvalue weighted by atomic mass is 10.1. The van der Waals surface area contributed by atoms with E-state index >= 15 is 0 Å². The third kappa shape index (κ3) is 2.71. The maximum Gasteiger partial charge on any atom is 0.254 e. The quantitative estimate of drug-likeness (QED) is 0.783. The van der Waals surface area contributed by atoms with Gasteiger partial charge in [-0.15, -0.1) is 0 Å². The molecule has 0 bridgehead atoms. The highest BCUT2D eigenvalue weighted by molar-refractivity contribution is 5.97. The van der Waals surface area contributed by atoms with Crippen molar-refractivity contribution in [3.05, 3.63) is 47.8 Å². The number of amides is 1. The third-order valence-corrected chi connectivity index (χ3v) is 3.09. The minimum atomic E-state index is -0.106. The van der Waals surface area contributed by atoms with E-state index in [1.54, 1.807) is 42.5 Å². The molecule has 7 heteroatoms. The number of benzene rings is 1. The fourth-order valence-corrected chi connectivity index (χ4v) is 2.06. The lowest BCUT2D eigenvalue weighted by Crippen LogP contribution is -2.26. The van der Waals surface area contributed by atoms with Gasteiger partial charge in [-0.05, 0) is 25.1 Å². The van der Waals surface area contributed by atoms with Gasteiger partial charge in [-0.2, -0.15) is 5.10 Å². The minimum absolute atomic E-state index is 0.106. The molecule has 1 aromatic carbocycles. The highest BCUT2D eigenvalue weighted by Gasteiger charge is 2.14. The molecule has 2 aromatic heterocycles. The number of carbonyl (C=O) groups is 1. The van der Waals surface area contributed by atoms with E-state index in [0.29, 0.717) is 23.4 Å². The van der Waals surface area contributed by atoms with E-state index in [0.717, 1.165) is 11.3 Å². The van der Waals surface area contributed by atoms with Crippen molar-refractivity contribution in [1.82, 2.24) is 30.0 Å². The first-order chi connectivity index (χ1) is 10.1. The van der Waals surface area contributed by atoms with Crippen LogP contribution in [0.4, 0.5) is 0 Å². The lowest BCUT2D eigenvalue weighted by Gasteiger charge is -2.15. The zero-order valence-electron chi connectivity index (χ0n) is 11.7. The molecule has 21 heavy (non-hydrogen) atoms. The SMILES string of the molecule is Cc1nc(CN(C)C(=O)c2ccc3nccnc3c2)n[nH]1. The molecule has 0 spiro atoms. The first-order valence-corrected chi connectivity index (χ1v) is 6.47. The van der Waals surface area contributed by atoms with Crippen molar-refractivity contribution < 1.29 is 4.79 Å². The lowest BCUT2D eigenvalue weighted by molar-refractivity contribution is 0.0782. The molecular weight excluding hydrogens is 268 g/mol. The Bertz CT molecular complexity index is 797. The zero-order valence-corrected chi connectivity index (χ0v) is 11.7. The van der Waals surface area contributed by atoms with Crippen molar-refractivity contribution in [3.63, 3.8) is 0 Å². The molecule has 0 aliphatic rings. The number of carbonyl (C=O) groups excluding carboxylic acids is 1. The Morgan fingerprint density at radius 2 is 2.00 bits per heavy atom. The first kappa shape index (κ1) is 13.2. The highest BCUT2D eigenvalue weighted by Crippen LogP contribution is 2.13. The Morgan fingerprint density at radius 3 is 2.71 bits per heavy atom. The summed E-state index contributed by atoms with van der Waals surface area (Å²) in [7, 11) is 1.72. The number of fused-ring (bicyclic) bond motifs is 1. The molecule has 0 aliphatic heterocycles. The van der Waals surface area contributed by atoms with E-state index in [1.807, 2.05) is 6.92 Å². The average molecular weight is 282 g/mol. The fourth-order valence-electron chi connectivity index (χ4n) is 2.06. The minimum Gasteiger partial charge on any atom is -0.334 e. The van der Waals surface area contributed by atoms with Crippen LogP contribution in [0, 0.1) is 6.92 Å². The number of H-pyrrole nitrogens is 1. The van der Waals surface area contributed by atoms with Gasteiger partial charge in [0.25, 0.3) is 5.91 Å². The molecule has 3 aromatic rings. The fraction of sp³-hybridized carbons (Fsp3) is 0.214. The maximum absolute atomic E-state index is 12.4. The van der Waals surface area contributed by atoms with Crippen LogP contribution in [0.3, 0.4) is 0 Å². The van der Waals surface area contributed by atoms with Gasteiger partial charge in [-0.3, -0.25) is 19.9 Å². The first-order valence-electron chi connectivity index (χ1n) is 6.47. The number of hydrogen-bond acceptors (Lipinski definition) is 5. The number of rotatable bonds is 3. The number of nitrogens with one attached hydrogen (secondary N) is 1. The van der Waals surface area contributed by atoms with Gasteiger partial charge in [0.05, 0.1) is 17.6 Å². The zero-order chi connectivity index (χ0) is 14.8. The van der Waals surface area contributed by atoms with Gasteiger partial charge in [-0.1, -0.05) is 0 Å². The Hall–Kier alpha value is -2.83. The van der Waals surface area contributed by atoms with Gasteiger partial charge in [0, 0.05) is 25.0 Å². The van der Waals surface area contributed by atoms with E-state index in [2.05, 4.69) is 25.1 Å². The molecule has 3 rings (SSSR count). The van der Waals surface area contributed by atoms with Crippen LogP contribution in [-0.4, -0.2) is 43.0 Å². The molecule has 0 radical (unpaired) electrons. The van der Waals surface area contributed by atoms with Crippen LogP contribution < -0.4 is 0 Å². The van der Waals surface area contributed by atoms with Crippen LogP contribution in [-0.2, 0) is 6.54 Å². The van der Waals surface area contributed by atoms with Crippen LogP contribution in [0.5, 0.6) is 0 Å². The van der Waals surface area contributed by atoms with Crippen molar-refractivity contribution in [2.75, 3.05) is 7.05 Å². The van der Waals surface area contributed by atoms with E-state index in [-0.39, 0.29) is 5.91 Å². The molecule has 1 amide bonds. The van der Waals surface area contributed by atoms with E-state index < -0.39 is 0 Å². The van der Waals surface area contributed by atoms with Crippen LogP contribution in [0.1, 0.15) is 22.0 Å². The van der Waals surface area contributed by atoms with Crippen molar-refractivity contribution in [2.45, 2.75) is 13.5 Å². The molecule has 106 valence electrons. The second-order valence-electron chi connectivity index (χ2n) is 4.76. The van der Waals surface area contributed by atoms with Crippen molar-refractivity contribution in [2.24, 2.45) is 0 Å². The summed E-state index contributed by atoms with van der Waals surface area (Å²) in [5.74, 6) is 1.21. The largest absolute Gasteiger partial charge is 0.334 e. The van der Waals surface area contributed by atoms with Gasteiger partial charge in [-0.25, -0.2) is 4.98 Å². The third-order valence-electron chi connectivity index (χ3n) is 3.09. The Kier molecular flexibility index (Phi) is 3.31. The molecule has 0 saturated carbocycles. The normalized spacial score (nSPS) is 10.8. The Balaban J connectivity index is 1.82. The van der Waals surface area contributed by atoms with E-state index in [9.17, 15) is 4.79 Å². The molecule has 2 heterocycles. The topological polar surface area (TPSA) is 87.7 Å². The Morgan fingerprint density at radius 1 is 1.24 bits per heavy atom. The molecule has 0 saturated heterocycles. The number of aromatic nitrogens is 5. The van der Waals surface area contributed by atoms with Gasteiger partial charge in [0.1, 0.15) is 5.82 Å². The molecule has 0 fully saturated rings. The van der Waals surface area contributed by atoms with Crippen LogP contribution in [0.15, 0.2) is 30.6 Å². The van der Waals surface area contributed by atoms with Crippen molar-refractivity contribution in [3.8, 4) is 0 Å². The summed E-state index contributed by atoms with van der Waals surface area (Å²) < 4.78 is 0. The highest BCUT2D eigenvalue weighted by atomic mass is 16.2. The average Bonchev–Trinajstić information content (AvgIpc) is 2.91. The van der Waals surface area contributed by atoms with Crippen LogP contribution in [0.25, 0.3) is 11.0 Å². The predicted octanol–water partition coefficient (Wildman–Crippen LogP) is 1.33. The van der Waals surface area contributed by atoms with Crippen molar-refractivity contribution >= 4 is 16.9 Å². The van der Waals surface area contributed by atoms with Crippen LogP contribution in [0.2, 0.25) is 0 Å². The number of hydrogen-bond donors (Lipinski definition) is 1. The number of nitrogens with zero attached hydrogens (tertiary/aromatic N) is 5. The molecule has 7 nitrogen and oxygen atoms in total. The van der Waals surface area contributed by atoms with E-state index in [1.165, 1.54) is 0 Å².